The summed E-state index contributed by atoms with van der Waals surface area (Å²) in [6.45, 7) is 0. The Morgan fingerprint density at radius 3 is 1.45 bits per heavy atom. The highest BCUT2D eigenvalue weighted by atomic mass is 16.3. The Hall–Kier alpha value is -9.90. The minimum Gasteiger partial charge on any atom is -0.507 e. The Morgan fingerprint density at radius 1 is 0.355 bits per heavy atom. The largest absolute Gasteiger partial charge is 0.507 e. The van der Waals surface area contributed by atoms with Crippen molar-refractivity contribution in [3.8, 4) is 78.2 Å². The van der Waals surface area contributed by atoms with Crippen LogP contribution in [-0.2, 0) is 0 Å². The highest BCUT2D eigenvalue weighted by Crippen LogP contribution is 2.43. The van der Waals surface area contributed by atoms with Crippen molar-refractivity contribution < 1.29 is 13.9 Å². The first-order chi connectivity index (χ1) is 37.6. The van der Waals surface area contributed by atoms with Crippen molar-refractivity contribution in [1.82, 2.24) is 4.57 Å². The number of para-hydroxylation sites is 5. The highest BCUT2D eigenvalue weighted by molar-refractivity contribution is 6.13. The van der Waals surface area contributed by atoms with Crippen LogP contribution in [-0.4, -0.2) is 9.67 Å². The number of phenolic OH excluding ortho intramolecular Hbond substituents is 1. The van der Waals surface area contributed by atoms with Gasteiger partial charge in [0.1, 0.15) is 28.1 Å². The molecule has 1 unspecified atom stereocenters. The number of phenols is 1. The summed E-state index contributed by atoms with van der Waals surface area (Å²) < 4.78 is 15.3. The molecular weight excluding hydrogens is 927 g/mol. The van der Waals surface area contributed by atoms with Crippen molar-refractivity contribution in [2.75, 3.05) is 0 Å². The predicted molar refractivity (Wildman–Crippen MR) is 315 cm³/mol. The van der Waals surface area contributed by atoms with E-state index >= 15 is 0 Å². The van der Waals surface area contributed by atoms with Gasteiger partial charge in [0.25, 0.3) is 0 Å². The van der Waals surface area contributed by atoms with Gasteiger partial charge in [-0.05, 0) is 111 Å². The minimum atomic E-state index is 0.158. The maximum absolute atomic E-state index is 11.6. The van der Waals surface area contributed by atoms with Crippen molar-refractivity contribution in [3.05, 3.63) is 266 Å². The molecule has 14 aromatic rings. The second-order valence-corrected chi connectivity index (χ2v) is 20.0. The first kappa shape index (κ1) is 43.7. The first-order valence-corrected chi connectivity index (χ1v) is 26.0. The Morgan fingerprint density at radius 2 is 0.829 bits per heavy atom. The van der Waals surface area contributed by atoms with E-state index in [1.54, 1.807) is 0 Å². The molecule has 0 radical (unpaired) electrons. The van der Waals surface area contributed by atoms with E-state index in [9.17, 15) is 5.11 Å². The molecule has 4 nitrogen and oxygen atoms in total. The van der Waals surface area contributed by atoms with Crippen LogP contribution in [0.3, 0.4) is 0 Å². The number of benzene rings is 11. The van der Waals surface area contributed by atoms with Crippen molar-refractivity contribution in [2.45, 2.75) is 12.3 Å². The molecule has 76 heavy (non-hydrogen) atoms. The molecule has 0 bridgehead atoms. The van der Waals surface area contributed by atoms with Gasteiger partial charge in [0, 0.05) is 66.2 Å². The Labute approximate surface area is 439 Å². The third kappa shape index (κ3) is 7.21. The van der Waals surface area contributed by atoms with Crippen molar-refractivity contribution in [3.63, 3.8) is 0 Å². The van der Waals surface area contributed by atoms with Crippen LogP contribution in [0.15, 0.2) is 270 Å². The lowest BCUT2D eigenvalue weighted by Crippen LogP contribution is -1.97. The fraction of sp³-hybridized carbons (Fsp3) is 0.0278. The fourth-order valence-electron chi connectivity index (χ4n) is 11.9. The lowest BCUT2D eigenvalue weighted by Gasteiger charge is -2.17. The van der Waals surface area contributed by atoms with E-state index in [0.717, 1.165) is 145 Å². The topological polar surface area (TPSA) is 51.4 Å². The smallest absolute Gasteiger partial charge is 0.143 e. The number of furan rings is 2. The second-order valence-electron chi connectivity index (χ2n) is 20.0. The standard InChI is InChI=1S/C72H47NO3/c74-70-56(47-13-2-1-3-14-47)21-10-22-57(70)48-33-29-45(30-34-48)52-37-39-66-64(43-52)65-44-53(46-31-35-49(36-32-46)58-23-11-25-62-60-19-4-6-27-68(60)75-71(58)62)38-40-67(65)73(66)55-18-9-16-51(42-55)50-15-8-17-54(41-50)59-24-12-26-63-61-20-5-7-28-69(61)76-72(59)63/h1-13,15-44,47,74H,14H2. The van der Waals surface area contributed by atoms with Crippen LogP contribution in [0.2, 0.25) is 0 Å². The number of nitrogens with zero attached hydrogens (tertiary/aromatic N) is 1. The highest BCUT2D eigenvalue weighted by Gasteiger charge is 2.20. The van der Waals surface area contributed by atoms with E-state index in [-0.39, 0.29) is 5.92 Å². The molecule has 1 atom stereocenters. The molecule has 1 aliphatic carbocycles. The molecule has 3 heterocycles. The first-order valence-electron chi connectivity index (χ1n) is 26.0. The van der Waals surface area contributed by atoms with Crippen molar-refractivity contribution >= 4 is 65.7 Å². The molecule has 0 spiro atoms. The quantitative estimate of drug-likeness (QED) is 0.165. The molecule has 0 fully saturated rings. The van der Waals surface area contributed by atoms with Gasteiger partial charge < -0.3 is 18.5 Å². The number of hydrogen-bond acceptors (Lipinski definition) is 3. The summed E-state index contributed by atoms with van der Waals surface area (Å²) in [6, 6.07) is 84.4. The molecule has 0 saturated heterocycles. The molecule has 4 heteroatoms. The van der Waals surface area contributed by atoms with E-state index in [1.165, 1.54) is 5.39 Å². The van der Waals surface area contributed by atoms with Crippen LogP contribution in [0.5, 0.6) is 5.75 Å². The molecule has 15 rings (SSSR count). The Kier molecular flexibility index (Phi) is 10.1. The molecule has 358 valence electrons. The van der Waals surface area contributed by atoms with Gasteiger partial charge in [0.15, 0.2) is 0 Å². The Bertz CT molecular complexity index is 4680. The molecule has 11 aromatic carbocycles. The van der Waals surface area contributed by atoms with E-state index in [4.69, 9.17) is 8.83 Å². The van der Waals surface area contributed by atoms with Gasteiger partial charge in [-0.25, -0.2) is 0 Å². The van der Waals surface area contributed by atoms with Crippen LogP contribution in [0.1, 0.15) is 17.9 Å². The van der Waals surface area contributed by atoms with Gasteiger partial charge in [-0.15, -0.1) is 0 Å². The van der Waals surface area contributed by atoms with Gasteiger partial charge in [-0.3, -0.25) is 0 Å². The normalized spacial score (nSPS) is 13.6. The van der Waals surface area contributed by atoms with Crippen LogP contribution in [0.25, 0.3) is 138 Å². The van der Waals surface area contributed by atoms with Gasteiger partial charge in [0.05, 0.1) is 11.0 Å². The maximum Gasteiger partial charge on any atom is 0.143 e. The molecule has 0 saturated carbocycles. The summed E-state index contributed by atoms with van der Waals surface area (Å²) >= 11 is 0. The average molecular weight is 974 g/mol. The average Bonchev–Trinajstić information content (AvgIpc) is 4.17. The number of allylic oxidation sites excluding steroid dienone is 4. The lowest BCUT2D eigenvalue weighted by molar-refractivity contribution is 0.467. The molecular formula is C72H47NO3. The molecule has 1 N–H and O–H groups in total. The maximum atomic E-state index is 11.6. The van der Waals surface area contributed by atoms with E-state index < -0.39 is 0 Å². The summed E-state index contributed by atoms with van der Waals surface area (Å²) in [5.41, 5.74) is 20.9. The van der Waals surface area contributed by atoms with Crippen LogP contribution >= 0.6 is 0 Å². The van der Waals surface area contributed by atoms with Crippen molar-refractivity contribution in [2.24, 2.45) is 0 Å². The minimum absolute atomic E-state index is 0.158. The lowest BCUT2D eigenvalue weighted by atomic mass is 9.89. The zero-order valence-corrected chi connectivity index (χ0v) is 41.3. The zero-order chi connectivity index (χ0) is 50.3. The molecule has 3 aromatic heterocycles. The predicted octanol–water partition coefficient (Wildman–Crippen LogP) is 19.9. The number of fused-ring (bicyclic) bond motifs is 9. The third-order valence-electron chi connectivity index (χ3n) is 15.7. The van der Waals surface area contributed by atoms with Gasteiger partial charge in [-0.2, -0.15) is 0 Å². The fourth-order valence-corrected chi connectivity index (χ4v) is 11.9. The molecule has 1 aliphatic rings. The zero-order valence-electron chi connectivity index (χ0n) is 41.3. The number of aromatic hydroxyl groups is 1. The van der Waals surface area contributed by atoms with E-state index in [1.807, 2.05) is 36.4 Å². The van der Waals surface area contributed by atoms with E-state index in [0.29, 0.717) is 5.75 Å². The third-order valence-corrected chi connectivity index (χ3v) is 15.7. The summed E-state index contributed by atoms with van der Waals surface area (Å²) in [4.78, 5) is 0. The summed E-state index contributed by atoms with van der Waals surface area (Å²) in [7, 11) is 0. The van der Waals surface area contributed by atoms with Crippen molar-refractivity contribution in [1.29, 1.82) is 0 Å². The monoisotopic (exact) mass is 973 g/mol. The number of aromatic nitrogens is 1. The summed E-state index contributed by atoms with van der Waals surface area (Å²) in [6.07, 6.45) is 9.34. The van der Waals surface area contributed by atoms with Gasteiger partial charge >= 0.3 is 0 Å². The number of rotatable bonds is 8. The van der Waals surface area contributed by atoms with Crippen LogP contribution in [0, 0.1) is 0 Å². The SMILES string of the molecule is Oc1c(-c2ccc(-c3ccc4c(c3)c3cc(-c5ccc(-c6cccc7c6oc6ccccc67)cc5)ccc3n4-c3cccc(-c4cccc(-c5cccc6c5oc5ccccc56)c4)c3)cc2)cccc1C1C=CC=CC1. The van der Waals surface area contributed by atoms with E-state index in [2.05, 4.69) is 229 Å². The molecule has 0 aliphatic heterocycles. The Balaban J connectivity index is 0.830. The summed E-state index contributed by atoms with van der Waals surface area (Å²) in [5, 5.41) is 18.4. The van der Waals surface area contributed by atoms with Gasteiger partial charge in [0.2, 0.25) is 0 Å². The van der Waals surface area contributed by atoms with Crippen LogP contribution in [0.4, 0.5) is 0 Å². The number of hydrogen-bond donors (Lipinski definition) is 1. The molecule has 0 amide bonds. The second kappa shape index (κ2) is 17.7. The summed E-state index contributed by atoms with van der Waals surface area (Å²) in [5.74, 6) is 0.506. The van der Waals surface area contributed by atoms with Crippen LogP contribution < -0.4 is 0 Å². The van der Waals surface area contributed by atoms with Gasteiger partial charge in [-0.1, -0.05) is 206 Å².